The smallest absolute Gasteiger partial charge is 0.270 e. The van der Waals surface area contributed by atoms with Crippen LogP contribution >= 0.6 is 11.3 Å². The molecule has 21 heavy (non-hydrogen) atoms. The summed E-state index contributed by atoms with van der Waals surface area (Å²) in [5.74, 6) is 0.476. The molecule has 2 aromatic rings. The van der Waals surface area contributed by atoms with Gasteiger partial charge in [-0.1, -0.05) is 32.0 Å². The number of carbonyl (C=O) groups is 1. The van der Waals surface area contributed by atoms with Gasteiger partial charge in [0.25, 0.3) is 5.91 Å². The van der Waals surface area contributed by atoms with Gasteiger partial charge in [0.1, 0.15) is 5.69 Å². The largest absolute Gasteiger partial charge is 0.351 e. The number of nitrogens with zero attached hydrogens (tertiary/aromatic N) is 1. The summed E-state index contributed by atoms with van der Waals surface area (Å²) in [7, 11) is 0. The first-order valence-electron chi connectivity index (χ1n) is 7.12. The molecule has 0 unspecified atom stereocenters. The summed E-state index contributed by atoms with van der Waals surface area (Å²) in [5.41, 5.74) is 2.63. The number of nitrogens with one attached hydrogen (secondary N) is 2. The number of hydrogen-bond acceptors (Lipinski definition) is 4. The van der Waals surface area contributed by atoms with Crippen molar-refractivity contribution in [1.82, 2.24) is 10.3 Å². The molecule has 2 N–H and O–H groups in total. The van der Waals surface area contributed by atoms with E-state index in [1.54, 1.807) is 5.38 Å². The highest BCUT2D eigenvalue weighted by Gasteiger charge is 2.11. The zero-order valence-corrected chi connectivity index (χ0v) is 13.5. The summed E-state index contributed by atoms with van der Waals surface area (Å²) in [5, 5.41) is 8.66. The highest BCUT2D eigenvalue weighted by molar-refractivity contribution is 7.14. The van der Waals surface area contributed by atoms with Gasteiger partial charge in [-0.05, 0) is 30.9 Å². The minimum Gasteiger partial charge on any atom is -0.351 e. The number of aryl methyl sites for hydroxylation is 1. The number of para-hydroxylation sites is 1. The van der Waals surface area contributed by atoms with Crippen LogP contribution < -0.4 is 10.6 Å². The second-order valence-electron chi connectivity index (χ2n) is 5.42. The molecule has 0 fully saturated rings. The van der Waals surface area contributed by atoms with E-state index >= 15 is 0 Å². The predicted molar refractivity (Wildman–Crippen MR) is 88.4 cm³/mol. The molecule has 0 aliphatic carbocycles. The van der Waals surface area contributed by atoms with E-state index < -0.39 is 0 Å². The third-order valence-electron chi connectivity index (χ3n) is 3.13. The fourth-order valence-corrected chi connectivity index (χ4v) is 2.53. The van der Waals surface area contributed by atoms with Crippen LogP contribution in [0.15, 0.2) is 29.6 Å². The second kappa shape index (κ2) is 7.22. The van der Waals surface area contributed by atoms with E-state index in [1.807, 2.05) is 31.2 Å². The van der Waals surface area contributed by atoms with E-state index in [4.69, 9.17) is 0 Å². The third kappa shape index (κ3) is 4.56. The van der Waals surface area contributed by atoms with E-state index in [1.165, 1.54) is 11.3 Å². The SMILES string of the molecule is Cc1ccccc1Nc1nc(C(=O)NCCC(C)C)cs1. The molecule has 0 saturated heterocycles. The van der Waals surface area contributed by atoms with Crippen LogP contribution in [0.1, 0.15) is 36.3 Å². The van der Waals surface area contributed by atoms with Crippen LogP contribution in [0, 0.1) is 12.8 Å². The van der Waals surface area contributed by atoms with Gasteiger partial charge in [-0.2, -0.15) is 0 Å². The van der Waals surface area contributed by atoms with Gasteiger partial charge >= 0.3 is 0 Å². The molecule has 4 nitrogen and oxygen atoms in total. The van der Waals surface area contributed by atoms with Gasteiger partial charge in [-0.3, -0.25) is 4.79 Å². The number of thiazole rings is 1. The fraction of sp³-hybridized carbons (Fsp3) is 0.375. The average molecular weight is 303 g/mol. The molecule has 1 heterocycles. The Labute approximate surface area is 129 Å². The first kappa shape index (κ1) is 15.5. The van der Waals surface area contributed by atoms with Crippen molar-refractivity contribution in [2.24, 2.45) is 5.92 Å². The lowest BCUT2D eigenvalue weighted by molar-refractivity contribution is 0.0948. The van der Waals surface area contributed by atoms with Gasteiger partial charge in [0.05, 0.1) is 0 Å². The number of hydrogen-bond donors (Lipinski definition) is 2. The molecule has 1 amide bonds. The number of amides is 1. The summed E-state index contributed by atoms with van der Waals surface area (Å²) >= 11 is 1.44. The quantitative estimate of drug-likeness (QED) is 0.849. The Morgan fingerprint density at radius 3 is 2.81 bits per heavy atom. The van der Waals surface area contributed by atoms with E-state index in [2.05, 4.69) is 29.5 Å². The van der Waals surface area contributed by atoms with Gasteiger partial charge in [-0.15, -0.1) is 11.3 Å². The topological polar surface area (TPSA) is 54.0 Å². The molecule has 2 rings (SSSR count). The van der Waals surface area contributed by atoms with E-state index in [9.17, 15) is 4.79 Å². The summed E-state index contributed by atoms with van der Waals surface area (Å²) in [6.07, 6.45) is 0.976. The van der Waals surface area contributed by atoms with Crippen molar-refractivity contribution < 1.29 is 4.79 Å². The molecule has 0 aliphatic heterocycles. The van der Waals surface area contributed by atoms with Crippen molar-refractivity contribution >= 4 is 28.1 Å². The zero-order valence-electron chi connectivity index (χ0n) is 12.6. The monoisotopic (exact) mass is 303 g/mol. The molecule has 0 atom stereocenters. The molecule has 0 bridgehead atoms. The fourth-order valence-electron chi connectivity index (χ4n) is 1.83. The normalized spacial score (nSPS) is 10.7. The molecule has 0 spiro atoms. The van der Waals surface area contributed by atoms with Gasteiger partial charge in [0, 0.05) is 17.6 Å². The maximum Gasteiger partial charge on any atom is 0.270 e. The lowest BCUT2D eigenvalue weighted by atomic mass is 10.1. The van der Waals surface area contributed by atoms with Crippen molar-refractivity contribution in [1.29, 1.82) is 0 Å². The van der Waals surface area contributed by atoms with Crippen LogP contribution in [-0.4, -0.2) is 17.4 Å². The average Bonchev–Trinajstić information content (AvgIpc) is 2.89. The minimum atomic E-state index is -0.107. The van der Waals surface area contributed by atoms with Gasteiger partial charge in [0.2, 0.25) is 0 Å². The van der Waals surface area contributed by atoms with Crippen LogP contribution in [-0.2, 0) is 0 Å². The first-order valence-corrected chi connectivity index (χ1v) is 8.00. The van der Waals surface area contributed by atoms with Crippen molar-refractivity contribution in [2.75, 3.05) is 11.9 Å². The number of anilines is 2. The molecule has 112 valence electrons. The molecular formula is C16H21N3OS. The molecule has 0 aliphatic rings. The van der Waals surface area contributed by atoms with Crippen LogP contribution in [0.2, 0.25) is 0 Å². The molecule has 1 aromatic heterocycles. The van der Waals surface area contributed by atoms with E-state index in [0.29, 0.717) is 18.2 Å². The van der Waals surface area contributed by atoms with Crippen LogP contribution in [0.25, 0.3) is 0 Å². The maximum absolute atomic E-state index is 12.0. The molecule has 5 heteroatoms. The van der Waals surface area contributed by atoms with Crippen molar-refractivity contribution in [3.8, 4) is 0 Å². The molecular weight excluding hydrogens is 282 g/mol. The van der Waals surface area contributed by atoms with Crippen molar-refractivity contribution in [3.05, 3.63) is 40.9 Å². The number of benzene rings is 1. The van der Waals surface area contributed by atoms with Crippen LogP contribution in [0.5, 0.6) is 0 Å². The Morgan fingerprint density at radius 1 is 1.33 bits per heavy atom. The maximum atomic E-state index is 12.0. The van der Waals surface area contributed by atoms with Crippen LogP contribution in [0.4, 0.5) is 10.8 Å². The van der Waals surface area contributed by atoms with Crippen LogP contribution in [0.3, 0.4) is 0 Å². The zero-order chi connectivity index (χ0) is 15.2. The van der Waals surface area contributed by atoms with E-state index in [-0.39, 0.29) is 5.91 Å². The Bertz CT molecular complexity index is 607. The number of rotatable bonds is 6. The predicted octanol–water partition coefficient (Wildman–Crippen LogP) is 3.97. The lowest BCUT2D eigenvalue weighted by Gasteiger charge is -2.06. The Kier molecular flexibility index (Phi) is 5.33. The second-order valence-corrected chi connectivity index (χ2v) is 6.27. The summed E-state index contributed by atoms with van der Waals surface area (Å²) in [6, 6.07) is 8.01. The van der Waals surface area contributed by atoms with Crippen molar-refractivity contribution in [2.45, 2.75) is 27.2 Å². The summed E-state index contributed by atoms with van der Waals surface area (Å²) in [4.78, 5) is 16.3. The summed E-state index contributed by atoms with van der Waals surface area (Å²) in [6.45, 7) is 7.00. The highest BCUT2D eigenvalue weighted by atomic mass is 32.1. The highest BCUT2D eigenvalue weighted by Crippen LogP contribution is 2.23. The summed E-state index contributed by atoms with van der Waals surface area (Å²) < 4.78 is 0. The Morgan fingerprint density at radius 2 is 2.10 bits per heavy atom. The standard InChI is InChI=1S/C16H21N3OS/c1-11(2)8-9-17-15(20)14-10-21-16(19-14)18-13-7-5-4-6-12(13)3/h4-7,10-11H,8-9H2,1-3H3,(H,17,20)(H,18,19). The molecule has 0 saturated carbocycles. The Hall–Kier alpha value is -1.88. The van der Waals surface area contributed by atoms with Crippen molar-refractivity contribution in [3.63, 3.8) is 0 Å². The van der Waals surface area contributed by atoms with Gasteiger partial charge in [-0.25, -0.2) is 4.98 Å². The van der Waals surface area contributed by atoms with E-state index in [0.717, 1.165) is 22.8 Å². The molecule has 0 radical (unpaired) electrons. The minimum absolute atomic E-state index is 0.107. The number of carbonyl (C=O) groups excluding carboxylic acids is 1. The Balaban J connectivity index is 1.95. The lowest BCUT2D eigenvalue weighted by Crippen LogP contribution is -2.25. The van der Waals surface area contributed by atoms with Gasteiger partial charge in [0.15, 0.2) is 5.13 Å². The first-order chi connectivity index (χ1) is 10.1. The van der Waals surface area contributed by atoms with Gasteiger partial charge < -0.3 is 10.6 Å². The number of aromatic nitrogens is 1. The molecule has 1 aromatic carbocycles. The third-order valence-corrected chi connectivity index (χ3v) is 3.89.